The second-order valence-electron chi connectivity index (χ2n) is 5.71. The summed E-state index contributed by atoms with van der Waals surface area (Å²) in [5, 5.41) is 1.12. The van der Waals surface area contributed by atoms with E-state index in [1.54, 1.807) is 0 Å². The topological polar surface area (TPSA) is 54.2 Å². The van der Waals surface area contributed by atoms with E-state index in [1.807, 2.05) is 14.1 Å². The van der Waals surface area contributed by atoms with Crippen molar-refractivity contribution in [1.82, 2.24) is 4.98 Å². The number of nitrogens with one attached hydrogen (secondary N) is 1. The minimum atomic E-state index is 1.03. The number of hydrazine groups is 1. The predicted octanol–water partition coefficient (Wildman–Crippen LogP) is 2.86. The molecule has 1 heterocycles. The number of nitrogens with two attached hydrogens (primary N) is 1. The van der Waals surface area contributed by atoms with Gasteiger partial charge in [-0.15, -0.1) is 0 Å². The van der Waals surface area contributed by atoms with Gasteiger partial charge in [-0.05, 0) is 49.4 Å². The molecule has 0 radical (unpaired) electrons. The van der Waals surface area contributed by atoms with Gasteiger partial charge in [-0.25, -0.2) is 0 Å². The highest BCUT2D eigenvalue weighted by Gasteiger charge is 2.17. The summed E-state index contributed by atoms with van der Waals surface area (Å²) in [5.41, 5.74) is 8.74. The van der Waals surface area contributed by atoms with Gasteiger partial charge in [0.25, 0.3) is 0 Å². The number of anilines is 2. The lowest BCUT2D eigenvalue weighted by Crippen LogP contribution is -2.13. The molecule has 1 aliphatic rings. The number of benzene rings is 1. The van der Waals surface area contributed by atoms with E-state index >= 15 is 0 Å². The van der Waals surface area contributed by atoms with E-state index in [9.17, 15) is 0 Å². The van der Waals surface area contributed by atoms with Crippen LogP contribution in [0.3, 0.4) is 0 Å². The zero-order valence-electron chi connectivity index (χ0n) is 12.2. The number of fused-ring (bicyclic) bond motifs is 2. The molecule has 4 heteroatoms. The second-order valence-corrected chi connectivity index (χ2v) is 5.71. The fourth-order valence-electron chi connectivity index (χ4n) is 3.03. The average molecular weight is 270 g/mol. The molecule has 0 spiro atoms. The highest BCUT2D eigenvalue weighted by molar-refractivity contribution is 5.95. The number of aromatic nitrogens is 1. The predicted molar refractivity (Wildman–Crippen MR) is 85.1 cm³/mol. The third-order valence-electron chi connectivity index (χ3n) is 4.16. The monoisotopic (exact) mass is 270 g/mol. The molecular weight excluding hydrogens is 248 g/mol. The summed E-state index contributed by atoms with van der Waals surface area (Å²) in [6.07, 6.45) is 5.87. The molecule has 3 rings (SSSR count). The molecule has 0 amide bonds. The van der Waals surface area contributed by atoms with Crippen LogP contribution < -0.4 is 16.2 Å². The largest absolute Gasteiger partial charge is 0.378 e. The Morgan fingerprint density at radius 2 is 1.95 bits per heavy atom. The van der Waals surface area contributed by atoms with Crippen molar-refractivity contribution in [3.05, 3.63) is 29.5 Å². The number of hydrogen-bond donors (Lipinski definition) is 2. The molecule has 20 heavy (non-hydrogen) atoms. The molecule has 0 bridgehead atoms. The van der Waals surface area contributed by atoms with Crippen molar-refractivity contribution in [3.8, 4) is 0 Å². The van der Waals surface area contributed by atoms with Crippen LogP contribution in [-0.2, 0) is 12.8 Å². The van der Waals surface area contributed by atoms with Crippen LogP contribution in [0, 0.1) is 0 Å². The van der Waals surface area contributed by atoms with E-state index in [4.69, 9.17) is 10.8 Å². The van der Waals surface area contributed by atoms with Crippen LogP contribution in [0.4, 0.5) is 11.4 Å². The molecule has 1 aliphatic carbocycles. The van der Waals surface area contributed by atoms with Gasteiger partial charge < -0.3 is 10.3 Å². The molecule has 3 N–H and O–H groups in total. The molecule has 0 unspecified atom stereocenters. The molecule has 0 fully saturated rings. The smallest absolute Gasteiger partial charge is 0.0728 e. The van der Waals surface area contributed by atoms with Gasteiger partial charge in [0.05, 0.1) is 11.2 Å². The van der Waals surface area contributed by atoms with Gasteiger partial charge in [-0.1, -0.05) is 6.42 Å². The van der Waals surface area contributed by atoms with Crippen molar-refractivity contribution in [2.75, 3.05) is 24.4 Å². The number of nitrogen functional groups attached to an aromatic ring is 1. The molecule has 0 atom stereocenters. The third kappa shape index (κ3) is 2.20. The van der Waals surface area contributed by atoms with Gasteiger partial charge in [-0.2, -0.15) is 0 Å². The maximum atomic E-state index is 5.83. The number of nitrogens with zero attached hydrogens (tertiary/aromatic N) is 2. The maximum Gasteiger partial charge on any atom is 0.0728 e. The van der Waals surface area contributed by atoms with Crippen LogP contribution in [0.2, 0.25) is 0 Å². The van der Waals surface area contributed by atoms with Crippen LogP contribution >= 0.6 is 0 Å². The Balaban J connectivity index is 2.25. The Morgan fingerprint density at radius 1 is 1.15 bits per heavy atom. The Bertz CT molecular complexity index is 634. The fourth-order valence-corrected chi connectivity index (χ4v) is 3.03. The normalized spacial score (nSPS) is 14.8. The molecule has 1 aromatic carbocycles. The maximum absolute atomic E-state index is 5.83. The lowest BCUT2D eigenvalue weighted by Gasteiger charge is -2.18. The molecule has 0 aliphatic heterocycles. The molecule has 4 nitrogen and oxygen atoms in total. The average Bonchev–Trinajstić information content (AvgIpc) is 2.69. The number of rotatable bonds is 2. The quantitative estimate of drug-likeness (QED) is 0.500. The van der Waals surface area contributed by atoms with Crippen LogP contribution in [0.15, 0.2) is 18.2 Å². The minimum Gasteiger partial charge on any atom is -0.378 e. The van der Waals surface area contributed by atoms with Gasteiger partial charge in [0, 0.05) is 30.9 Å². The second kappa shape index (κ2) is 5.29. The fraction of sp³-hybridized carbons (Fsp3) is 0.438. The van der Waals surface area contributed by atoms with E-state index in [0.717, 1.165) is 29.4 Å². The van der Waals surface area contributed by atoms with Crippen LogP contribution in [0.25, 0.3) is 10.9 Å². The number of hydrogen-bond acceptors (Lipinski definition) is 4. The molecule has 1 aromatic heterocycles. The van der Waals surface area contributed by atoms with Crippen molar-refractivity contribution in [3.63, 3.8) is 0 Å². The summed E-state index contributed by atoms with van der Waals surface area (Å²) in [5.74, 6) is 5.83. The first-order valence-corrected chi connectivity index (χ1v) is 7.30. The number of pyridine rings is 1. The Labute approximate surface area is 120 Å². The molecule has 2 aromatic rings. The highest BCUT2D eigenvalue weighted by atomic mass is 15.2. The van der Waals surface area contributed by atoms with Gasteiger partial charge in [0.1, 0.15) is 0 Å². The van der Waals surface area contributed by atoms with Crippen LogP contribution in [-0.4, -0.2) is 19.1 Å². The lowest BCUT2D eigenvalue weighted by atomic mass is 10.0. The summed E-state index contributed by atoms with van der Waals surface area (Å²) < 4.78 is 0. The Kier molecular flexibility index (Phi) is 3.49. The van der Waals surface area contributed by atoms with E-state index in [-0.39, 0.29) is 0 Å². The van der Waals surface area contributed by atoms with Crippen molar-refractivity contribution in [2.24, 2.45) is 5.84 Å². The van der Waals surface area contributed by atoms with Crippen molar-refractivity contribution < 1.29 is 0 Å². The lowest BCUT2D eigenvalue weighted by molar-refractivity contribution is 0.709. The van der Waals surface area contributed by atoms with Crippen LogP contribution in [0.1, 0.15) is 30.5 Å². The zero-order valence-corrected chi connectivity index (χ0v) is 12.2. The minimum absolute atomic E-state index is 1.03. The zero-order chi connectivity index (χ0) is 14.1. The van der Waals surface area contributed by atoms with Gasteiger partial charge in [0.15, 0.2) is 0 Å². The summed E-state index contributed by atoms with van der Waals surface area (Å²) in [4.78, 5) is 6.97. The van der Waals surface area contributed by atoms with E-state index in [1.165, 1.54) is 36.2 Å². The Hall–Kier alpha value is -1.81. The third-order valence-corrected chi connectivity index (χ3v) is 4.16. The SMILES string of the molecule is CN(C)c1ccc2nc3c(c(NN)c2c1)CCCCC3. The van der Waals surface area contributed by atoms with E-state index < -0.39 is 0 Å². The van der Waals surface area contributed by atoms with Crippen molar-refractivity contribution in [2.45, 2.75) is 32.1 Å². The van der Waals surface area contributed by atoms with E-state index in [0.29, 0.717) is 0 Å². The van der Waals surface area contributed by atoms with E-state index in [2.05, 4.69) is 28.5 Å². The van der Waals surface area contributed by atoms with Gasteiger partial charge in [0.2, 0.25) is 0 Å². The summed E-state index contributed by atoms with van der Waals surface area (Å²) in [7, 11) is 4.10. The summed E-state index contributed by atoms with van der Waals surface area (Å²) >= 11 is 0. The summed E-state index contributed by atoms with van der Waals surface area (Å²) in [6, 6.07) is 6.37. The van der Waals surface area contributed by atoms with Gasteiger partial charge >= 0.3 is 0 Å². The van der Waals surface area contributed by atoms with Gasteiger partial charge in [-0.3, -0.25) is 10.8 Å². The van der Waals surface area contributed by atoms with Crippen LogP contribution in [0.5, 0.6) is 0 Å². The molecule has 0 saturated carbocycles. The molecule has 106 valence electrons. The standard InChI is InChI=1S/C16H22N4/c1-20(2)11-8-9-15-13(10-11)16(19-17)12-6-4-3-5-7-14(12)18-15/h8-10H,3-7,17H2,1-2H3,(H,18,19). The molecule has 0 saturated heterocycles. The summed E-state index contributed by atoms with van der Waals surface area (Å²) in [6.45, 7) is 0. The molecular formula is C16H22N4. The first-order valence-electron chi connectivity index (χ1n) is 7.30. The first kappa shape index (κ1) is 13.2. The van der Waals surface area contributed by atoms with Crippen molar-refractivity contribution >= 4 is 22.3 Å². The highest BCUT2D eigenvalue weighted by Crippen LogP contribution is 2.33. The Morgan fingerprint density at radius 3 is 2.70 bits per heavy atom. The first-order chi connectivity index (χ1) is 9.70. The van der Waals surface area contributed by atoms with Crippen molar-refractivity contribution in [1.29, 1.82) is 0 Å². The number of aryl methyl sites for hydroxylation is 1.